The molecule has 2 rings (SSSR count). The van der Waals surface area contributed by atoms with Gasteiger partial charge < -0.3 is 10.2 Å². The number of piperazine rings is 1. The molecule has 5 heteroatoms. The first-order valence-electron chi connectivity index (χ1n) is 5.91. The van der Waals surface area contributed by atoms with Gasteiger partial charge in [-0.25, -0.2) is 4.98 Å². The van der Waals surface area contributed by atoms with Crippen LogP contribution in [-0.2, 0) is 0 Å². The summed E-state index contributed by atoms with van der Waals surface area (Å²) in [6, 6.07) is 0. The third-order valence-electron chi connectivity index (χ3n) is 2.96. The Morgan fingerprint density at radius 2 is 2.19 bits per heavy atom. The van der Waals surface area contributed by atoms with E-state index in [1.165, 1.54) is 31.2 Å². The van der Waals surface area contributed by atoms with Crippen molar-refractivity contribution in [3.63, 3.8) is 0 Å². The molecule has 1 saturated heterocycles. The molecule has 90 valence electrons. The first-order chi connectivity index (χ1) is 7.90. The van der Waals surface area contributed by atoms with Crippen molar-refractivity contribution >= 4 is 16.5 Å². The SMILES string of the molecule is CNCCCN1CCN(c2nccs2)CC1. The Morgan fingerprint density at radius 3 is 2.81 bits per heavy atom. The summed E-state index contributed by atoms with van der Waals surface area (Å²) in [7, 11) is 2.01. The molecule has 0 aliphatic carbocycles. The Bertz CT molecular complexity index is 280. The third-order valence-corrected chi connectivity index (χ3v) is 3.80. The van der Waals surface area contributed by atoms with Gasteiger partial charge in [0.1, 0.15) is 0 Å². The molecule has 1 aromatic heterocycles. The standard InChI is InChI=1S/C11H20N4S/c1-12-3-2-5-14-6-8-15(9-7-14)11-13-4-10-16-11/h4,10,12H,2-3,5-9H2,1H3. The van der Waals surface area contributed by atoms with Gasteiger partial charge in [0.15, 0.2) is 5.13 Å². The Morgan fingerprint density at radius 1 is 1.38 bits per heavy atom. The van der Waals surface area contributed by atoms with Crippen molar-refractivity contribution in [1.82, 2.24) is 15.2 Å². The second-order valence-corrected chi connectivity index (χ2v) is 4.97. The predicted octanol–water partition coefficient (Wildman–Crippen LogP) is 0.875. The van der Waals surface area contributed by atoms with Crippen LogP contribution in [0.4, 0.5) is 5.13 Å². The second kappa shape index (κ2) is 6.18. The van der Waals surface area contributed by atoms with Gasteiger partial charge in [0.2, 0.25) is 0 Å². The van der Waals surface area contributed by atoms with Crippen LogP contribution < -0.4 is 10.2 Å². The lowest BCUT2D eigenvalue weighted by atomic mass is 10.3. The molecule has 0 spiro atoms. The topological polar surface area (TPSA) is 31.4 Å². The zero-order valence-electron chi connectivity index (χ0n) is 9.85. The van der Waals surface area contributed by atoms with Gasteiger partial charge in [-0.3, -0.25) is 4.90 Å². The van der Waals surface area contributed by atoms with Gasteiger partial charge in [-0.2, -0.15) is 0 Å². The lowest BCUT2D eigenvalue weighted by Crippen LogP contribution is -2.46. The minimum Gasteiger partial charge on any atom is -0.346 e. The molecule has 0 amide bonds. The fraction of sp³-hybridized carbons (Fsp3) is 0.727. The van der Waals surface area contributed by atoms with Crippen molar-refractivity contribution in [2.45, 2.75) is 6.42 Å². The highest BCUT2D eigenvalue weighted by atomic mass is 32.1. The smallest absolute Gasteiger partial charge is 0.185 e. The van der Waals surface area contributed by atoms with E-state index < -0.39 is 0 Å². The second-order valence-electron chi connectivity index (χ2n) is 4.10. The van der Waals surface area contributed by atoms with Crippen molar-refractivity contribution in [3.05, 3.63) is 11.6 Å². The van der Waals surface area contributed by atoms with Crippen molar-refractivity contribution in [2.75, 3.05) is 51.2 Å². The maximum absolute atomic E-state index is 4.36. The Hall–Kier alpha value is -0.650. The molecule has 0 unspecified atom stereocenters. The van der Waals surface area contributed by atoms with Crippen LogP contribution in [-0.4, -0.2) is 56.2 Å². The molecule has 4 nitrogen and oxygen atoms in total. The molecule has 0 radical (unpaired) electrons. The van der Waals surface area contributed by atoms with E-state index in [2.05, 4.69) is 25.5 Å². The van der Waals surface area contributed by atoms with E-state index in [9.17, 15) is 0 Å². The van der Waals surface area contributed by atoms with Crippen molar-refractivity contribution in [1.29, 1.82) is 0 Å². The average Bonchev–Trinajstić information content (AvgIpc) is 2.84. The number of hydrogen-bond acceptors (Lipinski definition) is 5. The Labute approximate surface area is 101 Å². The van der Waals surface area contributed by atoms with Crippen molar-refractivity contribution in [2.24, 2.45) is 0 Å². The van der Waals surface area contributed by atoms with E-state index in [1.54, 1.807) is 11.3 Å². The van der Waals surface area contributed by atoms with Crippen LogP contribution in [0.1, 0.15) is 6.42 Å². The summed E-state index contributed by atoms with van der Waals surface area (Å²) in [5.74, 6) is 0. The number of rotatable bonds is 5. The van der Waals surface area contributed by atoms with E-state index in [0.717, 1.165) is 19.6 Å². The maximum Gasteiger partial charge on any atom is 0.185 e. The molecule has 0 bridgehead atoms. The van der Waals surface area contributed by atoms with Gasteiger partial charge in [0.25, 0.3) is 0 Å². The molecule has 0 saturated carbocycles. The number of nitrogens with zero attached hydrogens (tertiary/aromatic N) is 3. The van der Waals surface area contributed by atoms with Crippen LogP contribution in [0.25, 0.3) is 0 Å². The molecule has 1 fully saturated rings. The molecule has 1 aromatic rings. The first kappa shape index (κ1) is 11.8. The molecule has 0 aromatic carbocycles. The van der Waals surface area contributed by atoms with E-state index in [-0.39, 0.29) is 0 Å². The Kier molecular flexibility index (Phi) is 4.56. The number of anilines is 1. The molecule has 1 N–H and O–H groups in total. The number of aromatic nitrogens is 1. The third kappa shape index (κ3) is 3.17. The van der Waals surface area contributed by atoms with Crippen LogP contribution in [0, 0.1) is 0 Å². The molecule has 2 heterocycles. The monoisotopic (exact) mass is 240 g/mol. The van der Waals surface area contributed by atoms with E-state index >= 15 is 0 Å². The normalized spacial score (nSPS) is 17.9. The highest BCUT2D eigenvalue weighted by molar-refractivity contribution is 7.13. The van der Waals surface area contributed by atoms with Gasteiger partial charge in [0.05, 0.1) is 0 Å². The van der Waals surface area contributed by atoms with Gasteiger partial charge in [0, 0.05) is 37.8 Å². The minimum absolute atomic E-state index is 1.12. The zero-order chi connectivity index (χ0) is 11.2. The number of hydrogen-bond donors (Lipinski definition) is 1. The molecular formula is C11H20N4S. The molecule has 1 aliphatic heterocycles. The highest BCUT2D eigenvalue weighted by Crippen LogP contribution is 2.18. The lowest BCUT2D eigenvalue weighted by Gasteiger charge is -2.34. The Balaban J connectivity index is 1.70. The summed E-state index contributed by atoms with van der Waals surface area (Å²) in [5, 5.41) is 6.42. The van der Waals surface area contributed by atoms with Crippen LogP contribution in [0.3, 0.4) is 0 Å². The summed E-state index contributed by atoms with van der Waals surface area (Å²) in [4.78, 5) is 9.29. The largest absolute Gasteiger partial charge is 0.346 e. The summed E-state index contributed by atoms with van der Waals surface area (Å²) in [6.07, 6.45) is 3.13. The van der Waals surface area contributed by atoms with Gasteiger partial charge in [-0.1, -0.05) is 0 Å². The maximum atomic E-state index is 4.36. The van der Waals surface area contributed by atoms with E-state index in [4.69, 9.17) is 0 Å². The average molecular weight is 240 g/mol. The summed E-state index contributed by atoms with van der Waals surface area (Å²) in [5.41, 5.74) is 0. The molecule has 1 aliphatic rings. The minimum atomic E-state index is 1.12. The fourth-order valence-electron chi connectivity index (χ4n) is 2.01. The summed E-state index contributed by atoms with van der Waals surface area (Å²) < 4.78 is 0. The zero-order valence-corrected chi connectivity index (χ0v) is 10.7. The fourth-order valence-corrected chi connectivity index (χ4v) is 2.71. The van der Waals surface area contributed by atoms with Gasteiger partial charge in [-0.05, 0) is 26.6 Å². The van der Waals surface area contributed by atoms with Crippen LogP contribution >= 0.6 is 11.3 Å². The highest BCUT2D eigenvalue weighted by Gasteiger charge is 2.17. The van der Waals surface area contributed by atoms with Crippen molar-refractivity contribution < 1.29 is 0 Å². The summed E-state index contributed by atoms with van der Waals surface area (Å²) in [6.45, 7) is 6.91. The van der Waals surface area contributed by atoms with Crippen LogP contribution in [0.15, 0.2) is 11.6 Å². The van der Waals surface area contributed by atoms with Crippen molar-refractivity contribution in [3.8, 4) is 0 Å². The first-order valence-corrected chi connectivity index (χ1v) is 6.79. The van der Waals surface area contributed by atoms with Gasteiger partial charge >= 0.3 is 0 Å². The number of nitrogens with one attached hydrogen (secondary N) is 1. The van der Waals surface area contributed by atoms with Crippen LogP contribution in [0.2, 0.25) is 0 Å². The lowest BCUT2D eigenvalue weighted by molar-refractivity contribution is 0.254. The number of thiazole rings is 1. The molecule has 0 atom stereocenters. The quantitative estimate of drug-likeness (QED) is 0.774. The van der Waals surface area contributed by atoms with E-state index in [1.807, 2.05) is 13.2 Å². The van der Waals surface area contributed by atoms with Crippen LogP contribution in [0.5, 0.6) is 0 Å². The summed E-state index contributed by atoms with van der Waals surface area (Å²) >= 11 is 1.74. The predicted molar refractivity (Wildman–Crippen MR) is 69.3 cm³/mol. The molecular weight excluding hydrogens is 220 g/mol. The molecule has 16 heavy (non-hydrogen) atoms. The van der Waals surface area contributed by atoms with Gasteiger partial charge in [-0.15, -0.1) is 11.3 Å². The van der Waals surface area contributed by atoms with E-state index in [0.29, 0.717) is 0 Å².